The molecule has 0 saturated carbocycles. The molecule has 0 spiro atoms. The minimum atomic E-state index is -2.93. The zero-order chi connectivity index (χ0) is 46.9. The van der Waals surface area contributed by atoms with Gasteiger partial charge in [-0.1, -0.05) is 196 Å². The molecule has 4 heteroatoms. The highest BCUT2D eigenvalue weighted by Gasteiger charge is 2.51. The van der Waals surface area contributed by atoms with Crippen molar-refractivity contribution in [2.45, 2.75) is 78.6 Å². The molecule has 0 bridgehead atoms. The molecule has 0 fully saturated rings. The van der Waals surface area contributed by atoms with Crippen molar-refractivity contribution in [3.63, 3.8) is 0 Å². The third-order valence-electron chi connectivity index (χ3n) is 14.2. The third-order valence-corrected chi connectivity index (χ3v) is 19.1. The van der Waals surface area contributed by atoms with Crippen LogP contribution in [0.2, 0.25) is 0 Å². The highest BCUT2D eigenvalue weighted by molar-refractivity contribution is 7.22. The van der Waals surface area contributed by atoms with Crippen molar-refractivity contribution in [2.75, 3.05) is 9.80 Å². The van der Waals surface area contributed by atoms with Gasteiger partial charge in [-0.3, -0.25) is 0 Å². The Balaban J connectivity index is 1.30. The van der Waals surface area contributed by atoms with Gasteiger partial charge in [-0.2, -0.15) is 0 Å². The minimum absolute atomic E-state index is 0.0449. The Bertz CT molecular complexity index is 3240. The van der Waals surface area contributed by atoms with E-state index < -0.39 is 8.07 Å². The average Bonchev–Trinajstić information content (AvgIpc) is 3.60. The second-order valence-electron chi connectivity index (χ2n) is 21.2. The Hall–Kier alpha value is -6.36. The molecule has 0 aromatic heterocycles. The van der Waals surface area contributed by atoms with Crippen LogP contribution in [0.25, 0.3) is 11.1 Å². The first-order chi connectivity index (χ1) is 31.9. The van der Waals surface area contributed by atoms with E-state index in [1.807, 2.05) is 0 Å². The summed E-state index contributed by atoms with van der Waals surface area (Å²) in [6.45, 7) is 19.9. The summed E-state index contributed by atoms with van der Waals surface area (Å²) in [6.07, 6.45) is 0. The molecule has 3 aliphatic heterocycles. The van der Waals surface area contributed by atoms with Crippen LogP contribution in [-0.4, -0.2) is 14.8 Å². The molecule has 64 heavy (non-hydrogen) atoms. The summed E-state index contributed by atoms with van der Waals surface area (Å²) in [5.41, 5.74) is 14.3. The topological polar surface area (TPSA) is 6.48 Å². The molecule has 0 radical (unpaired) electrons. The van der Waals surface area contributed by atoms with E-state index in [4.69, 9.17) is 0 Å². The monoisotopic (exact) mass is 847 g/mol. The van der Waals surface area contributed by atoms with Gasteiger partial charge in [0.15, 0.2) is 8.07 Å². The molecule has 0 amide bonds. The van der Waals surface area contributed by atoms with Crippen LogP contribution in [0.5, 0.6) is 0 Å². The van der Waals surface area contributed by atoms with Gasteiger partial charge in [-0.25, -0.2) is 0 Å². The van der Waals surface area contributed by atoms with Gasteiger partial charge in [-0.05, 0) is 130 Å². The van der Waals surface area contributed by atoms with Crippen molar-refractivity contribution in [3.05, 3.63) is 199 Å². The maximum absolute atomic E-state index is 10.1. The van der Waals surface area contributed by atoms with Crippen molar-refractivity contribution in [1.29, 1.82) is 0 Å². The Kier molecular flexibility index (Phi) is 8.29. The van der Waals surface area contributed by atoms with Crippen LogP contribution < -0.4 is 46.9 Å². The number of fused-ring (bicyclic) bond motifs is 7. The SMILES string of the molecule is [2H]c1c([2H])c2c3c(c1[2H])N(c1ccc(C(C)(C)C)cc1)c1cc4c(cc1B3c1cc(C(C)(C)C)ccc1N2c1ccc(C(C)(C)C)cc1)[Si](c1ccccc1)(c1ccccc1)c1ccccc1-4. The van der Waals surface area contributed by atoms with Crippen molar-refractivity contribution in [3.8, 4) is 11.1 Å². The fraction of sp³-hybridized carbons (Fsp3) is 0.200. The quantitative estimate of drug-likeness (QED) is 0.163. The van der Waals surface area contributed by atoms with Crippen molar-refractivity contribution < 1.29 is 4.11 Å². The Labute approximate surface area is 386 Å². The predicted molar refractivity (Wildman–Crippen MR) is 279 cm³/mol. The zero-order valence-corrected chi connectivity index (χ0v) is 39.6. The number of anilines is 6. The van der Waals surface area contributed by atoms with Crippen LogP contribution in [0, 0.1) is 0 Å². The van der Waals surface area contributed by atoms with Gasteiger partial charge in [0, 0.05) is 34.1 Å². The molecule has 314 valence electrons. The fourth-order valence-electron chi connectivity index (χ4n) is 10.9. The summed E-state index contributed by atoms with van der Waals surface area (Å²) in [7, 11) is -2.93. The molecule has 0 saturated heterocycles. The van der Waals surface area contributed by atoms with Gasteiger partial charge >= 0.3 is 0 Å². The number of nitrogens with zero attached hydrogens (tertiary/aromatic N) is 2. The highest BCUT2D eigenvalue weighted by atomic mass is 28.3. The van der Waals surface area contributed by atoms with E-state index in [9.17, 15) is 4.11 Å². The molecule has 11 rings (SSSR count). The summed E-state index contributed by atoms with van der Waals surface area (Å²) < 4.78 is 29.7. The van der Waals surface area contributed by atoms with Gasteiger partial charge in [0.25, 0.3) is 6.71 Å². The Morgan fingerprint density at radius 2 is 0.891 bits per heavy atom. The molecule has 0 atom stereocenters. The zero-order valence-electron chi connectivity index (χ0n) is 41.6. The van der Waals surface area contributed by atoms with Crippen LogP contribution in [0.4, 0.5) is 34.1 Å². The van der Waals surface area contributed by atoms with E-state index in [0.29, 0.717) is 11.4 Å². The van der Waals surface area contributed by atoms with Crippen LogP contribution in [0.1, 0.15) is 83.1 Å². The molecular formula is C60H57BN2Si. The second kappa shape index (κ2) is 14.3. The van der Waals surface area contributed by atoms with Crippen LogP contribution >= 0.6 is 0 Å². The molecular weight excluding hydrogens is 788 g/mol. The van der Waals surface area contributed by atoms with E-state index in [-0.39, 0.29) is 41.1 Å². The molecule has 3 aliphatic rings. The smallest absolute Gasteiger partial charge is 0.252 e. The summed E-state index contributed by atoms with van der Waals surface area (Å²) in [4.78, 5) is 4.50. The minimum Gasteiger partial charge on any atom is -0.311 e. The van der Waals surface area contributed by atoms with Crippen molar-refractivity contribution in [2.24, 2.45) is 0 Å². The van der Waals surface area contributed by atoms with Gasteiger partial charge in [0.05, 0.1) is 4.11 Å². The van der Waals surface area contributed by atoms with Crippen LogP contribution in [-0.2, 0) is 16.2 Å². The van der Waals surface area contributed by atoms with E-state index >= 15 is 0 Å². The number of benzene rings is 8. The summed E-state index contributed by atoms with van der Waals surface area (Å²) in [6, 6.07) is 60.9. The molecule has 0 N–H and O–H groups in total. The lowest BCUT2D eigenvalue weighted by atomic mass is 9.33. The van der Waals surface area contributed by atoms with E-state index in [2.05, 4.69) is 236 Å². The largest absolute Gasteiger partial charge is 0.311 e. The summed E-state index contributed by atoms with van der Waals surface area (Å²) in [5.74, 6) is 0. The molecule has 2 nitrogen and oxygen atoms in total. The first-order valence-electron chi connectivity index (χ1n) is 24.4. The fourth-order valence-corrected chi connectivity index (χ4v) is 16.1. The van der Waals surface area contributed by atoms with Gasteiger partial charge in [-0.15, -0.1) is 0 Å². The van der Waals surface area contributed by atoms with Crippen molar-refractivity contribution >= 4 is 86.0 Å². The second-order valence-corrected chi connectivity index (χ2v) is 24.9. The summed E-state index contributed by atoms with van der Waals surface area (Å²) >= 11 is 0. The number of hydrogen-bond acceptors (Lipinski definition) is 2. The maximum Gasteiger partial charge on any atom is 0.252 e. The average molecular weight is 848 g/mol. The van der Waals surface area contributed by atoms with Gasteiger partial charge < -0.3 is 9.80 Å². The van der Waals surface area contributed by atoms with Crippen LogP contribution in [0.15, 0.2) is 182 Å². The number of hydrogen-bond donors (Lipinski definition) is 0. The van der Waals surface area contributed by atoms with Gasteiger partial charge in [0.2, 0.25) is 0 Å². The molecule has 0 unspecified atom stereocenters. The predicted octanol–water partition coefficient (Wildman–Crippen LogP) is 11.0. The molecule has 8 aromatic rings. The first-order valence-corrected chi connectivity index (χ1v) is 24.9. The van der Waals surface area contributed by atoms with Crippen LogP contribution in [0.3, 0.4) is 0 Å². The van der Waals surface area contributed by atoms with E-state index in [0.717, 1.165) is 39.1 Å². The lowest BCUT2D eigenvalue weighted by molar-refractivity contribution is 0.590. The van der Waals surface area contributed by atoms with Crippen molar-refractivity contribution in [1.82, 2.24) is 0 Å². The highest BCUT2D eigenvalue weighted by Crippen LogP contribution is 2.46. The normalized spacial score (nSPS) is 15.3. The van der Waals surface area contributed by atoms with E-state index in [1.54, 1.807) is 0 Å². The molecule has 3 heterocycles. The lowest BCUT2D eigenvalue weighted by Gasteiger charge is -2.45. The lowest BCUT2D eigenvalue weighted by Crippen LogP contribution is -2.73. The Morgan fingerprint density at radius 1 is 0.422 bits per heavy atom. The first kappa shape index (κ1) is 37.1. The van der Waals surface area contributed by atoms with Gasteiger partial charge in [0.1, 0.15) is 0 Å². The van der Waals surface area contributed by atoms with E-state index in [1.165, 1.54) is 48.6 Å². The maximum atomic E-state index is 10.1. The number of rotatable bonds is 4. The third kappa shape index (κ3) is 6.05. The Morgan fingerprint density at radius 3 is 1.42 bits per heavy atom. The molecule has 8 aromatic carbocycles. The molecule has 0 aliphatic carbocycles. The summed E-state index contributed by atoms with van der Waals surface area (Å²) in [5, 5.41) is 5.39. The standard InChI is InChI=1S/C60H57BN2Si/c1-58(2,3)40-27-32-43(33-28-40)62-51-36-31-42(60(7,8)9)37-49(51)61-50-39-56-48(47-23-16-17-26-55(47)64(56,45-19-12-10-13-20-45)46-21-14-11-15-22-46)38-54(50)63(53-25-18-24-52(62)57(53)61)44-34-29-41(30-35-44)59(4,5)6/h10-39H,1-9H3/i18D,24D,25D.